The average Bonchev–Trinajstić information content (AvgIpc) is 3.88. The maximum atomic E-state index is 14.2. The Bertz CT molecular complexity index is 2260. The highest BCUT2D eigenvalue weighted by Gasteiger charge is 2.38. The van der Waals surface area contributed by atoms with Gasteiger partial charge in [0.1, 0.15) is 41.6 Å². The number of aliphatic carboxylic acids is 1. The fourth-order valence-corrected chi connectivity index (χ4v) is 7.52. The number of nitrogens with zero attached hydrogens (tertiary/aromatic N) is 3. The first-order valence-corrected chi connectivity index (χ1v) is 24.8. The number of likely N-dealkylation sites (tertiary alicyclic amines) is 1. The highest BCUT2D eigenvalue weighted by Crippen LogP contribution is 2.20. The van der Waals surface area contributed by atoms with E-state index in [4.69, 9.17) is 40.1 Å². The minimum atomic E-state index is -1.59. The number of aliphatic hydroxyl groups excluding tert-OH is 1. The van der Waals surface area contributed by atoms with Crippen molar-refractivity contribution >= 4 is 70.9 Å². The predicted molar refractivity (Wildman–Crippen MR) is 277 cm³/mol. The van der Waals surface area contributed by atoms with Crippen molar-refractivity contribution in [2.45, 2.75) is 126 Å². The minimum Gasteiger partial charge on any atom is -0.478 e. The molecule has 23 N–H and O–H groups in total. The van der Waals surface area contributed by atoms with E-state index in [0.29, 0.717) is 44.2 Å². The van der Waals surface area contributed by atoms with Gasteiger partial charge in [-0.3, -0.25) is 43.3 Å². The number of benzene rings is 1. The van der Waals surface area contributed by atoms with Crippen molar-refractivity contribution in [2.75, 3.05) is 45.8 Å². The van der Waals surface area contributed by atoms with E-state index >= 15 is 0 Å². The molecule has 76 heavy (non-hydrogen) atoms. The predicted octanol–water partition coefficient (Wildman–Crippen LogP) is -5.65. The molecular formula is C47H76N16O13. The number of carbonyl (C=O) groups is 10. The third kappa shape index (κ3) is 22.6. The lowest BCUT2D eigenvalue weighted by Crippen LogP contribution is -2.60. The van der Waals surface area contributed by atoms with E-state index in [0.717, 1.165) is 0 Å². The summed E-state index contributed by atoms with van der Waals surface area (Å²) in [6.45, 7) is 0.796. The second kappa shape index (κ2) is 34.2. The molecule has 0 bridgehead atoms. The molecule has 0 radical (unpaired) electrons. The number of carboxylic acids is 2. The third-order valence-electron chi connectivity index (χ3n) is 11.7. The molecule has 1 aliphatic rings. The van der Waals surface area contributed by atoms with Crippen molar-refractivity contribution in [1.82, 2.24) is 36.8 Å². The van der Waals surface area contributed by atoms with Gasteiger partial charge >= 0.3 is 11.9 Å². The zero-order chi connectivity index (χ0) is 56.9. The molecular weight excluding hydrogens is 997 g/mol. The van der Waals surface area contributed by atoms with E-state index in [2.05, 4.69) is 41.9 Å². The summed E-state index contributed by atoms with van der Waals surface area (Å²) in [6.07, 6.45) is 1.99. The summed E-state index contributed by atoms with van der Waals surface area (Å²) >= 11 is 0. The molecule has 0 unspecified atom stereocenters. The molecule has 422 valence electrons. The molecule has 1 saturated heterocycles. The molecule has 29 heteroatoms. The van der Waals surface area contributed by atoms with Crippen LogP contribution in [0.4, 0.5) is 0 Å². The van der Waals surface area contributed by atoms with E-state index in [1.165, 1.54) is 42.2 Å². The van der Waals surface area contributed by atoms with Crippen LogP contribution in [0, 0.1) is 0 Å². The van der Waals surface area contributed by atoms with Gasteiger partial charge in [0.2, 0.25) is 35.4 Å². The molecule has 0 saturated carbocycles. The summed E-state index contributed by atoms with van der Waals surface area (Å²) < 4.78 is 0. The Labute approximate surface area is 439 Å². The SMILES string of the molecule is C[C@H](NC(=O)[C@@H](NC(=O)[C@@H](N)CCCCN)[C@@H](O)CN)C(=O)NCC(=O)N=C(CCCN)C(=O)N1CCC[C@H]1C(=O)N[C@@H](Cc1ccc(C(=O)O)cc1)C(=O)N[C@@H](CCCCN)C(=O)N/C(=C\CCN=C(N)N)C(=O)O. The van der Waals surface area contributed by atoms with Crippen molar-refractivity contribution in [3.63, 3.8) is 0 Å². The monoisotopic (exact) mass is 1070 g/mol. The van der Waals surface area contributed by atoms with Crippen molar-refractivity contribution in [2.24, 2.45) is 50.1 Å². The number of aliphatic hydroxyl groups is 1. The molecule has 0 aliphatic carbocycles. The molecule has 1 heterocycles. The molecule has 2 rings (SSSR count). The zero-order valence-electron chi connectivity index (χ0n) is 42.7. The number of amides is 8. The Balaban J connectivity index is 2.34. The van der Waals surface area contributed by atoms with Crippen LogP contribution in [0.5, 0.6) is 0 Å². The zero-order valence-corrected chi connectivity index (χ0v) is 42.7. The first-order valence-electron chi connectivity index (χ1n) is 24.8. The number of guanidine groups is 1. The van der Waals surface area contributed by atoms with Gasteiger partial charge in [-0.05, 0) is 108 Å². The quantitative estimate of drug-likeness (QED) is 0.0132. The number of nitrogens with two attached hydrogens (primary N) is 7. The van der Waals surface area contributed by atoms with E-state index in [1.807, 2.05) is 0 Å². The smallest absolute Gasteiger partial charge is 0.352 e. The van der Waals surface area contributed by atoms with Crippen molar-refractivity contribution < 1.29 is 63.3 Å². The molecule has 7 atom stereocenters. The second-order valence-electron chi connectivity index (χ2n) is 17.7. The lowest BCUT2D eigenvalue weighted by Gasteiger charge is -2.28. The molecule has 29 nitrogen and oxygen atoms in total. The van der Waals surface area contributed by atoms with Crippen molar-refractivity contribution in [1.29, 1.82) is 0 Å². The fourth-order valence-electron chi connectivity index (χ4n) is 7.52. The summed E-state index contributed by atoms with van der Waals surface area (Å²) in [7, 11) is 0. The standard InChI is InChI=1S/C47H76N16O13/c1-26(57-43(71)37(35(64)24-51)62-39(67)29(52)9-2-4-18-48)38(66)56-25-36(65)58-31(11-6-20-50)44(72)63-22-8-13-34(63)42(70)61-33(23-27-14-16-28(17-15-27)45(73)74)41(69)59-30(10-3-5-19-49)40(68)60-32(46(75)76)12-7-21-55-47(53)54/h12,14-17,26,29-30,33-35,37,64H,2-11,13,18-25,48-52H2,1H3,(H,56,66)(H,57,71)(H,59,69)(H,60,68)(H,61,70)(H,62,67)(H,73,74)(H,75,76)(H4,53,54,55)/b32-12-,58-31?/t26-,29-,30-,33-,34-,35-,37-/m0/s1. The summed E-state index contributed by atoms with van der Waals surface area (Å²) in [5.74, 6) is -9.97. The Hall–Kier alpha value is -7.44. The first-order chi connectivity index (χ1) is 36.1. The third-order valence-corrected chi connectivity index (χ3v) is 11.7. The van der Waals surface area contributed by atoms with Crippen LogP contribution < -0.4 is 72.0 Å². The fraction of sp³-hybridized carbons (Fsp3) is 0.574. The van der Waals surface area contributed by atoms with Gasteiger partial charge in [0.15, 0.2) is 5.96 Å². The van der Waals surface area contributed by atoms with E-state index < -0.39 is 120 Å². The van der Waals surface area contributed by atoms with Crippen molar-refractivity contribution in [3.05, 3.63) is 47.2 Å². The average molecular weight is 1070 g/mol. The van der Waals surface area contributed by atoms with Crippen LogP contribution in [0.15, 0.2) is 46.0 Å². The van der Waals surface area contributed by atoms with E-state index in [-0.39, 0.29) is 88.4 Å². The van der Waals surface area contributed by atoms with Crippen LogP contribution in [0.1, 0.15) is 93.5 Å². The van der Waals surface area contributed by atoms with Crippen molar-refractivity contribution in [3.8, 4) is 0 Å². The lowest BCUT2D eigenvalue weighted by molar-refractivity contribution is -0.137. The molecule has 1 aliphatic heterocycles. The largest absolute Gasteiger partial charge is 0.478 e. The number of nitrogens with one attached hydrogen (secondary N) is 6. The molecule has 1 fully saturated rings. The Morgan fingerprint density at radius 1 is 0.776 bits per heavy atom. The van der Waals surface area contributed by atoms with Crippen LogP contribution in [0.2, 0.25) is 0 Å². The molecule has 0 spiro atoms. The minimum absolute atomic E-state index is 0.00820. The van der Waals surface area contributed by atoms with Gasteiger partial charge in [-0.25, -0.2) is 14.6 Å². The number of carboxylic acid groups (broad SMARTS) is 2. The highest BCUT2D eigenvalue weighted by molar-refractivity contribution is 6.40. The maximum Gasteiger partial charge on any atom is 0.352 e. The van der Waals surface area contributed by atoms with Gasteiger partial charge in [-0.2, -0.15) is 0 Å². The Morgan fingerprint density at radius 3 is 2.01 bits per heavy atom. The van der Waals surface area contributed by atoms with E-state index in [9.17, 15) is 63.3 Å². The van der Waals surface area contributed by atoms with Gasteiger partial charge in [0, 0.05) is 26.1 Å². The second-order valence-corrected chi connectivity index (χ2v) is 17.7. The Morgan fingerprint density at radius 2 is 1.42 bits per heavy atom. The number of rotatable bonds is 34. The van der Waals surface area contributed by atoms with Crippen LogP contribution in [0.25, 0.3) is 0 Å². The van der Waals surface area contributed by atoms with Crippen LogP contribution in [0.3, 0.4) is 0 Å². The van der Waals surface area contributed by atoms with Gasteiger partial charge in [0.25, 0.3) is 11.8 Å². The maximum absolute atomic E-state index is 14.2. The highest BCUT2D eigenvalue weighted by atomic mass is 16.4. The van der Waals surface area contributed by atoms with Gasteiger partial charge in [-0.1, -0.05) is 24.6 Å². The molecule has 0 aromatic heterocycles. The number of hydrogen-bond donors (Lipinski definition) is 16. The summed E-state index contributed by atoms with van der Waals surface area (Å²) in [4.78, 5) is 141. The number of hydrogen-bond acceptors (Lipinski definition) is 17. The number of aliphatic imine (C=N–C) groups is 2. The molecule has 8 amide bonds. The summed E-state index contributed by atoms with van der Waals surface area (Å²) in [5, 5.41) is 44.2. The Kier molecular flexibility index (Phi) is 29.1. The van der Waals surface area contributed by atoms with Crippen LogP contribution in [-0.2, 0) is 49.6 Å². The van der Waals surface area contributed by atoms with Gasteiger partial charge in [-0.15, -0.1) is 0 Å². The first kappa shape index (κ1) is 64.7. The topological polar surface area (TPSA) is 514 Å². The van der Waals surface area contributed by atoms with E-state index in [1.54, 1.807) is 0 Å². The van der Waals surface area contributed by atoms with Crippen LogP contribution >= 0.6 is 0 Å². The summed E-state index contributed by atoms with van der Waals surface area (Å²) in [6, 6.07) is -2.56. The summed E-state index contributed by atoms with van der Waals surface area (Å²) in [5.41, 5.74) is 38.5. The van der Waals surface area contributed by atoms with Gasteiger partial charge < -0.3 is 92.3 Å². The number of unbranched alkanes of at least 4 members (excludes halogenated alkanes) is 2. The number of aromatic carboxylic acids is 1. The van der Waals surface area contributed by atoms with Gasteiger partial charge in [0.05, 0.1) is 24.3 Å². The molecule has 1 aromatic carbocycles. The normalized spacial score (nSPS) is 15.9. The van der Waals surface area contributed by atoms with Crippen LogP contribution in [-0.4, -0.2) is 179 Å². The lowest BCUT2D eigenvalue weighted by atomic mass is 10.0. The number of carbonyl (C=O) groups excluding carboxylic acids is 8. The molecule has 1 aromatic rings.